The Kier molecular flexibility index (Phi) is 4.78. The van der Waals surface area contributed by atoms with Crippen LogP contribution < -0.4 is 14.9 Å². The van der Waals surface area contributed by atoms with Crippen molar-refractivity contribution in [2.45, 2.75) is 43.9 Å². The van der Waals surface area contributed by atoms with Gasteiger partial charge in [0.05, 0.1) is 32.5 Å². The van der Waals surface area contributed by atoms with E-state index in [1.54, 1.807) is 14.2 Å². The molecule has 2 heterocycles. The van der Waals surface area contributed by atoms with Crippen molar-refractivity contribution in [3.63, 3.8) is 0 Å². The van der Waals surface area contributed by atoms with Gasteiger partial charge in [0.25, 0.3) is 0 Å². The van der Waals surface area contributed by atoms with Crippen LogP contribution in [-0.4, -0.2) is 45.9 Å². The molecule has 152 valence electrons. The van der Waals surface area contributed by atoms with Gasteiger partial charge in [-0.2, -0.15) is 0 Å². The summed E-state index contributed by atoms with van der Waals surface area (Å²) in [5.41, 5.74) is 2.51. The van der Waals surface area contributed by atoms with E-state index < -0.39 is 12.7 Å². The fourth-order valence-electron chi connectivity index (χ4n) is 4.80. The molecule has 1 aliphatic carbocycles. The zero-order valence-corrected chi connectivity index (χ0v) is 16.9. The van der Waals surface area contributed by atoms with Gasteiger partial charge in [0, 0.05) is 24.0 Å². The summed E-state index contributed by atoms with van der Waals surface area (Å²) >= 11 is 0. The van der Waals surface area contributed by atoms with Gasteiger partial charge in [-0.15, -0.1) is 0 Å². The van der Waals surface area contributed by atoms with Crippen LogP contribution in [-0.2, 0) is 25.2 Å². The molecular weight excluding hydrogens is 371 g/mol. The van der Waals surface area contributed by atoms with E-state index in [0.29, 0.717) is 19.4 Å². The second kappa shape index (κ2) is 7.33. The molecule has 5 rings (SSSR count). The van der Waals surface area contributed by atoms with E-state index in [1.165, 1.54) is 0 Å². The van der Waals surface area contributed by atoms with Gasteiger partial charge in [-0.3, -0.25) is 0 Å². The van der Waals surface area contributed by atoms with Crippen LogP contribution in [0, 0.1) is 0 Å². The Morgan fingerprint density at radius 2 is 1.79 bits per heavy atom. The second-order valence-electron chi connectivity index (χ2n) is 7.82. The highest BCUT2D eigenvalue weighted by Gasteiger charge is 2.56. The van der Waals surface area contributed by atoms with Crippen LogP contribution in [0.3, 0.4) is 0 Å². The van der Waals surface area contributed by atoms with Crippen LogP contribution in [0.2, 0.25) is 0 Å². The van der Waals surface area contributed by atoms with Crippen molar-refractivity contribution in [2.75, 3.05) is 20.8 Å². The predicted octanol–water partition coefficient (Wildman–Crippen LogP) is 2.63. The standard InChI is InChI=1S/C22H25BO6/c1-14-26-13-20(27-14)22-11-16-17(24-2)9-10-18(25-3)21(16)19(12-22)28-23(29-22)15-7-5-4-6-8-15/h4-10,14,19-20H,11-13H2,1-3H3/t14-,19+,20-,22+/m1/s1. The highest BCUT2D eigenvalue weighted by Crippen LogP contribution is 2.52. The predicted molar refractivity (Wildman–Crippen MR) is 108 cm³/mol. The maximum absolute atomic E-state index is 6.67. The largest absolute Gasteiger partial charge is 0.496 e. The van der Waals surface area contributed by atoms with Gasteiger partial charge in [-0.05, 0) is 24.5 Å². The zero-order valence-electron chi connectivity index (χ0n) is 16.9. The van der Waals surface area contributed by atoms with Crippen molar-refractivity contribution in [3.8, 4) is 11.5 Å². The van der Waals surface area contributed by atoms with E-state index in [2.05, 4.69) is 0 Å². The summed E-state index contributed by atoms with van der Waals surface area (Å²) in [7, 11) is 2.89. The second-order valence-corrected chi connectivity index (χ2v) is 7.82. The Morgan fingerprint density at radius 1 is 1.03 bits per heavy atom. The van der Waals surface area contributed by atoms with Gasteiger partial charge >= 0.3 is 7.12 Å². The third-order valence-electron chi connectivity index (χ3n) is 6.17. The summed E-state index contributed by atoms with van der Waals surface area (Å²) in [6.45, 7) is 2.42. The molecule has 2 aromatic carbocycles. The summed E-state index contributed by atoms with van der Waals surface area (Å²) in [5, 5.41) is 0. The van der Waals surface area contributed by atoms with E-state index in [-0.39, 0.29) is 18.5 Å². The number of methoxy groups -OCH3 is 2. The molecule has 29 heavy (non-hydrogen) atoms. The maximum Gasteiger partial charge on any atom is 0.494 e. The average Bonchev–Trinajstić information content (AvgIpc) is 3.20. The number of ether oxygens (including phenoxy) is 4. The van der Waals surface area contributed by atoms with Crippen LogP contribution >= 0.6 is 0 Å². The van der Waals surface area contributed by atoms with Crippen molar-refractivity contribution in [1.29, 1.82) is 0 Å². The lowest BCUT2D eigenvalue weighted by atomic mass is 9.67. The van der Waals surface area contributed by atoms with Crippen molar-refractivity contribution in [3.05, 3.63) is 53.6 Å². The van der Waals surface area contributed by atoms with E-state index in [0.717, 1.165) is 28.1 Å². The third kappa shape index (κ3) is 3.13. The molecule has 0 amide bonds. The monoisotopic (exact) mass is 396 g/mol. The fraction of sp³-hybridized carbons (Fsp3) is 0.455. The lowest BCUT2D eigenvalue weighted by Gasteiger charge is -2.50. The topological polar surface area (TPSA) is 55.4 Å². The highest BCUT2D eigenvalue weighted by molar-refractivity contribution is 6.61. The summed E-state index contributed by atoms with van der Waals surface area (Å²) in [5.74, 6) is 1.62. The molecule has 0 saturated carbocycles. The Bertz CT molecular complexity index is 890. The molecule has 0 spiro atoms. The van der Waals surface area contributed by atoms with Crippen molar-refractivity contribution in [2.24, 2.45) is 0 Å². The molecule has 6 nitrogen and oxygen atoms in total. The fourth-order valence-corrected chi connectivity index (χ4v) is 4.80. The molecule has 2 fully saturated rings. The molecule has 0 unspecified atom stereocenters. The van der Waals surface area contributed by atoms with Crippen LogP contribution in [0.15, 0.2) is 42.5 Å². The lowest BCUT2D eigenvalue weighted by molar-refractivity contribution is -0.146. The first-order valence-corrected chi connectivity index (χ1v) is 10.0. The van der Waals surface area contributed by atoms with E-state index in [1.807, 2.05) is 49.4 Å². The zero-order chi connectivity index (χ0) is 20.0. The minimum absolute atomic E-state index is 0.181. The van der Waals surface area contributed by atoms with Crippen LogP contribution in [0.5, 0.6) is 11.5 Å². The summed E-state index contributed by atoms with van der Waals surface area (Å²) < 4.78 is 36.4. The summed E-state index contributed by atoms with van der Waals surface area (Å²) in [4.78, 5) is 0. The molecule has 2 aromatic rings. The van der Waals surface area contributed by atoms with Gasteiger partial charge in [0.2, 0.25) is 0 Å². The molecule has 0 N–H and O–H groups in total. The molecule has 2 saturated heterocycles. The van der Waals surface area contributed by atoms with Gasteiger partial charge in [-0.25, -0.2) is 0 Å². The van der Waals surface area contributed by atoms with Gasteiger partial charge in [0.15, 0.2) is 6.29 Å². The quantitative estimate of drug-likeness (QED) is 0.741. The van der Waals surface area contributed by atoms with Gasteiger partial charge in [0.1, 0.15) is 17.6 Å². The van der Waals surface area contributed by atoms with E-state index in [9.17, 15) is 0 Å². The number of fused-ring (bicyclic) bond motifs is 4. The van der Waals surface area contributed by atoms with Gasteiger partial charge in [-0.1, -0.05) is 30.3 Å². The highest BCUT2D eigenvalue weighted by atomic mass is 16.7. The average molecular weight is 396 g/mol. The smallest absolute Gasteiger partial charge is 0.494 e. The summed E-state index contributed by atoms with van der Waals surface area (Å²) in [6.07, 6.45) is 0.699. The summed E-state index contributed by atoms with van der Waals surface area (Å²) in [6, 6.07) is 13.9. The van der Waals surface area contributed by atoms with E-state index in [4.69, 9.17) is 28.3 Å². The molecule has 7 heteroatoms. The Hall–Kier alpha value is -2.06. The van der Waals surface area contributed by atoms with Crippen molar-refractivity contribution < 1.29 is 28.3 Å². The molecule has 2 aliphatic heterocycles. The molecule has 2 bridgehead atoms. The number of hydrogen-bond donors (Lipinski definition) is 0. The van der Waals surface area contributed by atoms with E-state index >= 15 is 0 Å². The van der Waals surface area contributed by atoms with Crippen LogP contribution in [0.1, 0.15) is 30.6 Å². The maximum atomic E-state index is 6.67. The Labute approximate surface area is 171 Å². The molecular formula is C22H25BO6. The van der Waals surface area contributed by atoms with Crippen LogP contribution in [0.4, 0.5) is 0 Å². The first-order chi connectivity index (χ1) is 14.1. The van der Waals surface area contributed by atoms with Gasteiger partial charge < -0.3 is 28.3 Å². The molecule has 3 aliphatic rings. The lowest BCUT2D eigenvalue weighted by Crippen LogP contribution is -2.61. The van der Waals surface area contributed by atoms with Crippen LogP contribution in [0.25, 0.3) is 0 Å². The molecule has 4 atom stereocenters. The SMILES string of the molecule is COc1ccc(OC)c2c1C[C@@]1([C@H]3CO[C@@H](C)O3)C[C@@H]2OB(c2ccccc2)O1. The first-order valence-electron chi connectivity index (χ1n) is 10.0. The third-order valence-corrected chi connectivity index (χ3v) is 6.17. The molecule has 0 radical (unpaired) electrons. The molecule has 0 aromatic heterocycles. The number of hydrogen-bond acceptors (Lipinski definition) is 6. The van der Waals surface area contributed by atoms with Crippen molar-refractivity contribution in [1.82, 2.24) is 0 Å². The Morgan fingerprint density at radius 3 is 2.48 bits per heavy atom. The minimum Gasteiger partial charge on any atom is -0.496 e. The minimum atomic E-state index is -0.569. The first kappa shape index (κ1) is 18.9. The Balaban J connectivity index is 1.62. The number of benzene rings is 2. The van der Waals surface area contributed by atoms with Crippen molar-refractivity contribution >= 4 is 12.6 Å². The normalized spacial score (nSPS) is 30.7. The number of rotatable bonds is 4.